The third-order valence-corrected chi connectivity index (χ3v) is 4.55. The molecule has 0 atom stereocenters. The quantitative estimate of drug-likeness (QED) is 0.235. The second-order valence-corrected chi connectivity index (χ2v) is 6.71. The predicted octanol–water partition coefficient (Wildman–Crippen LogP) is 5.08. The maximum Gasteiger partial charge on any atom is 0.336 e. The Balaban J connectivity index is 1.67. The molecule has 0 fully saturated rings. The molecule has 1 aromatic heterocycles. The molecule has 0 aliphatic heterocycles. The number of benzene rings is 2. The van der Waals surface area contributed by atoms with E-state index in [-0.39, 0.29) is 6.61 Å². The van der Waals surface area contributed by atoms with E-state index in [1.807, 2.05) is 19.1 Å². The summed E-state index contributed by atoms with van der Waals surface area (Å²) < 4.78 is 15.9. The molecule has 29 heavy (non-hydrogen) atoms. The van der Waals surface area contributed by atoms with Crippen LogP contribution in [0.4, 0.5) is 0 Å². The first-order chi connectivity index (χ1) is 14.0. The van der Waals surface area contributed by atoms with Crippen molar-refractivity contribution in [3.63, 3.8) is 0 Å². The zero-order valence-corrected chi connectivity index (χ0v) is 16.6. The molecule has 5 nitrogen and oxygen atoms in total. The minimum absolute atomic E-state index is 0.0704. The number of hydrogen-bond donors (Lipinski definition) is 0. The number of rotatable bonds is 7. The highest BCUT2D eigenvalue weighted by atomic mass is 35.5. The lowest BCUT2D eigenvalue weighted by molar-refractivity contribution is -0.138. The Kier molecular flexibility index (Phi) is 6.52. The first kappa shape index (κ1) is 20.4. The summed E-state index contributed by atoms with van der Waals surface area (Å²) >= 11 is 6.17. The van der Waals surface area contributed by atoms with Crippen molar-refractivity contribution < 1.29 is 18.7 Å². The van der Waals surface area contributed by atoms with Gasteiger partial charge in [0.05, 0.1) is 0 Å². The van der Waals surface area contributed by atoms with Crippen molar-refractivity contribution in [3.05, 3.63) is 93.3 Å². The molecule has 0 aliphatic carbocycles. The summed E-state index contributed by atoms with van der Waals surface area (Å²) in [6.45, 7) is 5.77. The minimum atomic E-state index is -0.531. The zero-order chi connectivity index (χ0) is 20.8. The van der Waals surface area contributed by atoms with E-state index in [0.29, 0.717) is 33.9 Å². The molecule has 0 radical (unpaired) electrons. The van der Waals surface area contributed by atoms with Crippen LogP contribution >= 0.6 is 11.6 Å². The lowest BCUT2D eigenvalue weighted by Crippen LogP contribution is -2.05. The van der Waals surface area contributed by atoms with Gasteiger partial charge in [-0.25, -0.2) is 9.59 Å². The molecule has 0 aliphatic rings. The summed E-state index contributed by atoms with van der Waals surface area (Å²) in [5.41, 5.74) is 2.03. The van der Waals surface area contributed by atoms with E-state index in [1.54, 1.807) is 36.4 Å². The van der Waals surface area contributed by atoms with Crippen LogP contribution in [0.15, 0.2) is 70.4 Å². The van der Waals surface area contributed by atoms with Crippen LogP contribution in [0.1, 0.15) is 16.7 Å². The van der Waals surface area contributed by atoms with Crippen molar-refractivity contribution in [2.75, 3.05) is 6.61 Å². The van der Waals surface area contributed by atoms with Gasteiger partial charge in [-0.15, -0.1) is 0 Å². The van der Waals surface area contributed by atoms with Gasteiger partial charge in [-0.1, -0.05) is 36.4 Å². The van der Waals surface area contributed by atoms with Gasteiger partial charge in [-0.05, 0) is 48.4 Å². The molecule has 0 saturated heterocycles. The Bertz CT molecular complexity index is 1130. The SMILES string of the molecule is C=CCOc1ccc(/C=C/C(=O)OCc2cc(=O)oc3cc(C)c(Cl)cc23)cc1. The van der Waals surface area contributed by atoms with Crippen LogP contribution < -0.4 is 10.4 Å². The zero-order valence-electron chi connectivity index (χ0n) is 15.8. The first-order valence-electron chi connectivity index (χ1n) is 8.88. The van der Waals surface area contributed by atoms with Crippen LogP contribution in [0.25, 0.3) is 17.0 Å². The number of hydrogen-bond acceptors (Lipinski definition) is 5. The van der Waals surface area contributed by atoms with Crippen molar-refractivity contribution in [3.8, 4) is 5.75 Å². The Morgan fingerprint density at radius 1 is 1.21 bits per heavy atom. The molecule has 0 saturated carbocycles. The molecule has 0 unspecified atom stereocenters. The number of fused-ring (bicyclic) bond motifs is 1. The number of carbonyl (C=O) groups is 1. The van der Waals surface area contributed by atoms with Crippen LogP contribution in [-0.2, 0) is 16.1 Å². The average Bonchev–Trinajstić information content (AvgIpc) is 2.71. The molecule has 0 amide bonds. The monoisotopic (exact) mass is 410 g/mol. The molecule has 3 rings (SSSR count). The van der Waals surface area contributed by atoms with Crippen molar-refractivity contribution in [1.29, 1.82) is 0 Å². The van der Waals surface area contributed by atoms with Gasteiger partial charge in [-0.2, -0.15) is 0 Å². The molecule has 0 bridgehead atoms. The summed E-state index contributed by atoms with van der Waals surface area (Å²) in [6.07, 6.45) is 4.63. The molecule has 6 heteroatoms. The maximum atomic E-state index is 12.1. The van der Waals surface area contributed by atoms with E-state index >= 15 is 0 Å². The maximum absolute atomic E-state index is 12.1. The molecule has 148 valence electrons. The Hall–Kier alpha value is -3.31. The number of aryl methyl sites for hydroxylation is 1. The number of carbonyl (C=O) groups excluding carboxylic acids is 1. The van der Waals surface area contributed by atoms with Gasteiger partial charge < -0.3 is 13.9 Å². The number of esters is 1. The number of halogens is 1. The van der Waals surface area contributed by atoms with Gasteiger partial charge in [-0.3, -0.25) is 0 Å². The van der Waals surface area contributed by atoms with Crippen molar-refractivity contribution in [2.24, 2.45) is 0 Å². The standard InChI is InChI=1S/C23H19ClO5/c1-3-10-27-18-7-4-16(5-8-18)6-9-22(25)28-14-17-12-23(26)29-21-11-15(2)20(24)13-19(17)21/h3-9,11-13H,1,10,14H2,2H3/b9-6+. The highest BCUT2D eigenvalue weighted by molar-refractivity contribution is 6.32. The highest BCUT2D eigenvalue weighted by Crippen LogP contribution is 2.25. The number of ether oxygens (including phenoxy) is 2. The molecule has 3 aromatic rings. The summed E-state index contributed by atoms with van der Waals surface area (Å²) in [7, 11) is 0. The van der Waals surface area contributed by atoms with Crippen molar-refractivity contribution >= 4 is 34.6 Å². The molecule has 2 aromatic carbocycles. The van der Waals surface area contributed by atoms with Gasteiger partial charge in [0.15, 0.2) is 0 Å². The average molecular weight is 411 g/mol. The summed E-state index contributed by atoms with van der Waals surface area (Å²) in [4.78, 5) is 23.8. The predicted molar refractivity (Wildman–Crippen MR) is 113 cm³/mol. The summed E-state index contributed by atoms with van der Waals surface area (Å²) in [5, 5.41) is 1.17. The van der Waals surface area contributed by atoms with Gasteiger partial charge in [0, 0.05) is 28.1 Å². The van der Waals surface area contributed by atoms with Crippen LogP contribution in [0.3, 0.4) is 0 Å². The topological polar surface area (TPSA) is 65.7 Å². The Morgan fingerprint density at radius 2 is 1.97 bits per heavy atom. The van der Waals surface area contributed by atoms with E-state index in [0.717, 1.165) is 11.1 Å². The third kappa shape index (κ3) is 5.36. The largest absolute Gasteiger partial charge is 0.490 e. The van der Waals surface area contributed by atoms with Crippen molar-refractivity contribution in [2.45, 2.75) is 13.5 Å². The Labute approximate surface area is 172 Å². The normalized spacial score (nSPS) is 11.0. The third-order valence-electron chi connectivity index (χ3n) is 4.14. The van der Waals surface area contributed by atoms with E-state index in [1.165, 1.54) is 12.1 Å². The Morgan fingerprint density at radius 3 is 2.69 bits per heavy atom. The molecule has 0 spiro atoms. The van der Waals surface area contributed by atoms with Gasteiger partial charge in [0.2, 0.25) is 0 Å². The fourth-order valence-electron chi connectivity index (χ4n) is 2.66. The molecular weight excluding hydrogens is 392 g/mol. The van der Waals surface area contributed by atoms with Crippen LogP contribution in [0.5, 0.6) is 5.75 Å². The lowest BCUT2D eigenvalue weighted by atomic mass is 10.1. The first-order valence-corrected chi connectivity index (χ1v) is 9.25. The smallest absolute Gasteiger partial charge is 0.336 e. The van der Waals surface area contributed by atoms with Gasteiger partial charge in [0.1, 0.15) is 24.5 Å². The molecule has 1 heterocycles. The highest BCUT2D eigenvalue weighted by Gasteiger charge is 2.10. The van der Waals surface area contributed by atoms with Crippen molar-refractivity contribution in [1.82, 2.24) is 0 Å². The van der Waals surface area contributed by atoms with E-state index in [4.69, 9.17) is 25.5 Å². The molecular formula is C23H19ClO5. The minimum Gasteiger partial charge on any atom is -0.490 e. The molecule has 0 N–H and O–H groups in total. The fraction of sp³-hybridized carbons (Fsp3) is 0.130. The summed E-state index contributed by atoms with van der Waals surface area (Å²) in [5.74, 6) is 0.185. The van der Waals surface area contributed by atoms with Crippen LogP contribution in [0.2, 0.25) is 5.02 Å². The van der Waals surface area contributed by atoms with Crippen LogP contribution in [-0.4, -0.2) is 12.6 Å². The lowest BCUT2D eigenvalue weighted by Gasteiger charge is -2.07. The second-order valence-electron chi connectivity index (χ2n) is 6.30. The fourth-order valence-corrected chi connectivity index (χ4v) is 2.82. The van der Waals surface area contributed by atoms with E-state index in [2.05, 4.69) is 6.58 Å². The van der Waals surface area contributed by atoms with E-state index in [9.17, 15) is 9.59 Å². The second kappa shape index (κ2) is 9.26. The van der Waals surface area contributed by atoms with E-state index < -0.39 is 11.6 Å². The van der Waals surface area contributed by atoms with Gasteiger partial charge >= 0.3 is 11.6 Å². The van der Waals surface area contributed by atoms with Gasteiger partial charge in [0.25, 0.3) is 0 Å². The summed E-state index contributed by atoms with van der Waals surface area (Å²) in [6, 6.07) is 11.9. The van der Waals surface area contributed by atoms with Crippen LogP contribution in [0, 0.1) is 6.92 Å².